The number of nitrogens with zero attached hydrogens (tertiary/aromatic N) is 2. The van der Waals surface area contributed by atoms with Crippen molar-refractivity contribution in [2.24, 2.45) is 0 Å². The number of aldehydes is 1. The van der Waals surface area contributed by atoms with Crippen LogP contribution in [-0.4, -0.2) is 35.8 Å². The molecule has 2 aromatic heterocycles. The number of benzene rings is 2. The van der Waals surface area contributed by atoms with E-state index >= 15 is 0 Å². The van der Waals surface area contributed by atoms with Crippen LogP contribution in [0.2, 0.25) is 0 Å². The Morgan fingerprint density at radius 1 is 0.634 bits per heavy atom. The third-order valence-electron chi connectivity index (χ3n) is 7.16. The zero-order valence-electron chi connectivity index (χ0n) is 24.0. The van der Waals surface area contributed by atoms with E-state index in [1.165, 1.54) is 41.5 Å². The molecule has 41 heavy (non-hydrogen) atoms. The Kier molecular flexibility index (Phi) is 13.2. The van der Waals surface area contributed by atoms with Crippen LogP contribution in [0.1, 0.15) is 62.5 Å². The van der Waals surface area contributed by atoms with Gasteiger partial charge in [0.15, 0.2) is 6.29 Å². The van der Waals surface area contributed by atoms with Gasteiger partial charge in [0.05, 0.1) is 24.6 Å². The van der Waals surface area contributed by atoms with Crippen LogP contribution >= 0.6 is 0 Å². The fraction of sp³-hybridized carbons (Fsp3) is 0.361. The highest BCUT2D eigenvalue weighted by Gasteiger charge is 2.14. The Hall–Kier alpha value is -3.67. The van der Waals surface area contributed by atoms with Gasteiger partial charge in [0, 0.05) is 29.9 Å². The smallest absolute Gasteiger partial charge is 0.157 e. The van der Waals surface area contributed by atoms with Gasteiger partial charge in [-0.05, 0) is 92.5 Å². The summed E-state index contributed by atoms with van der Waals surface area (Å²) in [6, 6.07) is 29.3. The molecule has 1 fully saturated rings. The summed E-state index contributed by atoms with van der Waals surface area (Å²) >= 11 is 0. The molecule has 1 aliphatic rings. The van der Waals surface area contributed by atoms with Crippen LogP contribution in [0.3, 0.4) is 0 Å². The molecule has 214 valence electrons. The van der Waals surface area contributed by atoms with Gasteiger partial charge in [0.2, 0.25) is 0 Å². The molecular weight excluding hydrogens is 508 g/mol. The van der Waals surface area contributed by atoms with Crippen LogP contribution in [0.15, 0.2) is 97.3 Å². The number of hydrogen-bond acceptors (Lipinski definition) is 5. The van der Waals surface area contributed by atoms with Crippen molar-refractivity contribution in [2.75, 3.05) is 13.2 Å². The van der Waals surface area contributed by atoms with Gasteiger partial charge in [-0.3, -0.25) is 9.97 Å². The Morgan fingerprint density at radius 2 is 1.20 bits per heavy atom. The summed E-state index contributed by atoms with van der Waals surface area (Å²) in [5.74, 6) is 0. The topological polar surface area (TPSA) is 61.3 Å². The van der Waals surface area contributed by atoms with E-state index < -0.39 is 0 Å². The first-order chi connectivity index (χ1) is 20.3. The lowest BCUT2D eigenvalue weighted by Crippen LogP contribution is -2.06. The SMILES string of the molecule is O=CCCCCCc1cccc(-c2ccccn2)c1.c1ccc(-c2cccc(CCCCCC3OCCO3)c2)nc1. The number of rotatable bonds is 14. The minimum atomic E-state index is 0.0486. The van der Waals surface area contributed by atoms with Crippen molar-refractivity contribution in [1.29, 1.82) is 0 Å². The third kappa shape index (κ3) is 11.0. The predicted molar refractivity (Wildman–Crippen MR) is 165 cm³/mol. The summed E-state index contributed by atoms with van der Waals surface area (Å²) in [6.07, 6.45) is 15.5. The van der Waals surface area contributed by atoms with Crippen LogP contribution in [0.25, 0.3) is 22.5 Å². The Morgan fingerprint density at radius 3 is 1.71 bits per heavy atom. The highest BCUT2D eigenvalue weighted by Crippen LogP contribution is 2.21. The zero-order valence-corrected chi connectivity index (χ0v) is 24.0. The monoisotopic (exact) mass is 550 g/mol. The van der Waals surface area contributed by atoms with Gasteiger partial charge >= 0.3 is 0 Å². The van der Waals surface area contributed by atoms with E-state index in [9.17, 15) is 4.79 Å². The van der Waals surface area contributed by atoms with E-state index in [1.807, 2.05) is 42.7 Å². The average Bonchev–Trinajstić information content (AvgIpc) is 3.56. The molecule has 0 bridgehead atoms. The van der Waals surface area contributed by atoms with Crippen LogP contribution in [0.5, 0.6) is 0 Å². The molecule has 0 amide bonds. The highest BCUT2D eigenvalue weighted by molar-refractivity contribution is 5.60. The normalized spacial score (nSPS) is 13.0. The predicted octanol–water partition coefficient (Wildman–Crippen LogP) is 8.27. The number of aromatic nitrogens is 2. The minimum Gasteiger partial charge on any atom is -0.350 e. The van der Waals surface area contributed by atoms with Crippen molar-refractivity contribution in [1.82, 2.24) is 9.97 Å². The van der Waals surface area contributed by atoms with Gasteiger partial charge in [-0.15, -0.1) is 0 Å². The van der Waals surface area contributed by atoms with E-state index in [1.54, 1.807) is 0 Å². The molecule has 1 saturated heterocycles. The van der Waals surface area contributed by atoms with Crippen molar-refractivity contribution >= 4 is 6.29 Å². The second kappa shape index (κ2) is 17.9. The maximum absolute atomic E-state index is 10.2. The number of carbonyl (C=O) groups is 1. The molecule has 0 atom stereocenters. The molecular formula is C36H42N2O3. The largest absolute Gasteiger partial charge is 0.350 e. The standard InChI is InChI=1S/C19H23NO2.C17H19NO/c1(3-11-19-21-13-14-22-19)2-7-16-8-6-9-17(15-16)18-10-4-5-12-20-18;19-13-6-2-1-3-8-15-9-7-10-16(14-15)17-11-4-5-12-18-17/h4-6,8-10,12,15,19H,1-3,7,11,13-14H2;4-5,7,9-14H,1-3,6,8H2. The van der Waals surface area contributed by atoms with Gasteiger partial charge in [-0.25, -0.2) is 0 Å². The summed E-state index contributed by atoms with van der Waals surface area (Å²) in [6.45, 7) is 1.51. The van der Waals surface area contributed by atoms with E-state index in [-0.39, 0.29) is 6.29 Å². The Labute approximate surface area is 245 Å². The van der Waals surface area contributed by atoms with Gasteiger partial charge in [0.1, 0.15) is 6.29 Å². The van der Waals surface area contributed by atoms with Crippen LogP contribution in [-0.2, 0) is 27.1 Å². The molecule has 2 aromatic carbocycles. The first-order valence-electron chi connectivity index (χ1n) is 15.0. The van der Waals surface area contributed by atoms with Crippen molar-refractivity contribution in [3.05, 3.63) is 108 Å². The van der Waals surface area contributed by atoms with Gasteiger partial charge < -0.3 is 14.3 Å². The van der Waals surface area contributed by atoms with Crippen LogP contribution < -0.4 is 0 Å². The molecule has 0 saturated carbocycles. The van der Waals surface area contributed by atoms with Crippen molar-refractivity contribution in [3.8, 4) is 22.5 Å². The molecule has 5 rings (SSSR count). The number of unbranched alkanes of at least 4 members (excludes halogenated alkanes) is 5. The second-order valence-corrected chi connectivity index (χ2v) is 10.4. The average molecular weight is 551 g/mol. The van der Waals surface area contributed by atoms with Crippen molar-refractivity contribution in [3.63, 3.8) is 0 Å². The van der Waals surface area contributed by atoms with Crippen molar-refractivity contribution < 1.29 is 14.3 Å². The highest BCUT2D eigenvalue weighted by atomic mass is 16.7. The summed E-state index contributed by atoms with van der Waals surface area (Å²) in [7, 11) is 0. The summed E-state index contributed by atoms with van der Waals surface area (Å²) in [5.41, 5.74) is 7.16. The van der Waals surface area contributed by atoms with E-state index in [0.717, 1.165) is 69.4 Å². The summed E-state index contributed by atoms with van der Waals surface area (Å²) in [4.78, 5) is 19.0. The van der Waals surface area contributed by atoms with Gasteiger partial charge in [-0.2, -0.15) is 0 Å². The van der Waals surface area contributed by atoms with E-state index in [2.05, 4.69) is 64.6 Å². The lowest BCUT2D eigenvalue weighted by atomic mass is 10.0. The molecule has 0 N–H and O–H groups in total. The first kappa shape index (κ1) is 30.3. The maximum Gasteiger partial charge on any atom is 0.157 e. The lowest BCUT2D eigenvalue weighted by Gasteiger charge is -2.08. The lowest BCUT2D eigenvalue weighted by molar-refractivity contribution is -0.107. The zero-order chi connectivity index (χ0) is 28.4. The fourth-order valence-corrected chi connectivity index (χ4v) is 4.96. The van der Waals surface area contributed by atoms with Crippen LogP contribution in [0, 0.1) is 0 Å². The molecule has 1 aliphatic heterocycles. The second-order valence-electron chi connectivity index (χ2n) is 10.4. The minimum absolute atomic E-state index is 0.0486. The fourth-order valence-electron chi connectivity index (χ4n) is 4.96. The number of ether oxygens (including phenoxy) is 2. The van der Waals surface area contributed by atoms with Gasteiger partial charge in [0.25, 0.3) is 0 Å². The van der Waals surface area contributed by atoms with E-state index in [0.29, 0.717) is 6.42 Å². The summed E-state index contributed by atoms with van der Waals surface area (Å²) < 4.78 is 10.9. The molecule has 4 aromatic rings. The molecule has 0 radical (unpaired) electrons. The molecule has 0 aliphatic carbocycles. The Balaban J connectivity index is 0.000000191. The number of carbonyl (C=O) groups excluding carboxylic acids is 1. The number of aryl methyl sites for hydroxylation is 2. The van der Waals surface area contributed by atoms with Crippen molar-refractivity contribution in [2.45, 2.75) is 70.5 Å². The number of hydrogen-bond donors (Lipinski definition) is 0. The molecule has 0 spiro atoms. The first-order valence-corrected chi connectivity index (χ1v) is 15.0. The van der Waals surface area contributed by atoms with Gasteiger partial charge in [-0.1, -0.05) is 61.4 Å². The van der Waals surface area contributed by atoms with Crippen LogP contribution in [0.4, 0.5) is 0 Å². The molecule has 5 nitrogen and oxygen atoms in total. The molecule has 3 heterocycles. The third-order valence-corrected chi connectivity index (χ3v) is 7.16. The van der Waals surface area contributed by atoms with E-state index in [4.69, 9.17) is 9.47 Å². The molecule has 5 heteroatoms. The summed E-state index contributed by atoms with van der Waals surface area (Å²) in [5, 5.41) is 0. The Bertz CT molecular complexity index is 1270. The quantitative estimate of drug-likeness (QED) is 0.117. The maximum atomic E-state index is 10.2. The number of pyridine rings is 2. The molecule has 0 unspecified atom stereocenters.